The van der Waals surface area contributed by atoms with Gasteiger partial charge in [0.05, 0.1) is 19.6 Å². The maximum Gasteiger partial charge on any atom is 0.210 e. The standard InChI is InChI=1S/C37H47N2O2/c1-10-38-32-19-17-28(40-8)23-30(32)36(4,5)34(38)21-15-26-13-12-14-27(25(26)3)16-22-35-37(6,7)31-24-29(41-9)18-20-33(31)39(35)11-2/h15-24H,10-14H2,1-9H3/q+1. The molecule has 0 aromatic heterocycles. The Bertz CT molecular complexity index is 1510. The zero-order valence-corrected chi connectivity index (χ0v) is 26.5. The van der Waals surface area contributed by atoms with Crippen molar-refractivity contribution in [2.24, 2.45) is 0 Å². The summed E-state index contributed by atoms with van der Waals surface area (Å²) in [4.78, 5) is 2.46. The zero-order valence-electron chi connectivity index (χ0n) is 26.5. The summed E-state index contributed by atoms with van der Waals surface area (Å²) in [5.41, 5.74) is 12.1. The molecule has 2 aromatic carbocycles. The second kappa shape index (κ2) is 11.0. The quantitative estimate of drug-likeness (QED) is 0.322. The van der Waals surface area contributed by atoms with Crippen LogP contribution in [0.25, 0.3) is 0 Å². The van der Waals surface area contributed by atoms with E-state index in [9.17, 15) is 0 Å². The fourth-order valence-electron chi connectivity index (χ4n) is 7.07. The topological polar surface area (TPSA) is 24.7 Å². The molecular formula is C37H47N2O2+. The first-order valence-electron chi connectivity index (χ1n) is 15.2. The molecule has 0 amide bonds. The van der Waals surface area contributed by atoms with E-state index in [2.05, 4.69) is 119 Å². The van der Waals surface area contributed by atoms with Crippen molar-refractivity contribution in [3.8, 4) is 11.5 Å². The Kier molecular flexibility index (Phi) is 7.80. The van der Waals surface area contributed by atoms with Crippen LogP contribution in [0.1, 0.15) is 78.9 Å². The highest BCUT2D eigenvalue weighted by Crippen LogP contribution is 2.49. The van der Waals surface area contributed by atoms with Gasteiger partial charge in [0.15, 0.2) is 5.71 Å². The van der Waals surface area contributed by atoms with Crippen LogP contribution in [0.15, 0.2) is 83.1 Å². The summed E-state index contributed by atoms with van der Waals surface area (Å²) in [6.45, 7) is 18.0. The lowest BCUT2D eigenvalue weighted by molar-refractivity contribution is -0.433. The van der Waals surface area contributed by atoms with Crippen LogP contribution in [0.2, 0.25) is 0 Å². The SMILES string of the molecule is CCN1/C(=C/C=C2\CCCC(/C=C/C3=[N+](CC)c4ccc(OC)cc4C3(C)C)=C2C)C(C)(C)c2cc(OC)ccc21. The van der Waals surface area contributed by atoms with Gasteiger partial charge in [-0.25, -0.2) is 0 Å². The smallest absolute Gasteiger partial charge is 0.210 e. The number of ether oxygens (including phenoxy) is 2. The van der Waals surface area contributed by atoms with Crippen molar-refractivity contribution in [3.05, 3.63) is 94.2 Å². The molecule has 2 heterocycles. The summed E-state index contributed by atoms with van der Waals surface area (Å²) in [5, 5.41) is 0. The van der Waals surface area contributed by atoms with Gasteiger partial charge < -0.3 is 14.4 Å². The van der Waals surface area contributed by atoms with E-state index < -0.39 is 0 Å². The molecule has 4 heteroatoms. The van der Waals surface area contributed by atoms with Crippen LogP contribution < -0.4 is 14.4 Å². The van der Waals surface area contributed by atoms with Gasteiger partial charge in [0, 0.05) is 41.1 Å². The van der Waals surface area contributed by atoms with E-state index in [0.717, 1.165) is 37.4 Å². The summed E-state index contributed by atoms with van der Waals surface area (Å²) >= 11 is 0. The maximum atomic E-state index is 5.56. The van der Waals surface area contributed by atoms with Crippen molar-refractivity contribution in [3.63, 3.8) is 0 Å². The van der Waals surface area contributed by atoms with E-state index in [4.69, 9.17) is 9.47 Å². The van der Waals surface area contributed by atoms with E-state index in [1.165, 1.54) is 57.1 Å². The van der Waals surface area contributed by atoms with Crippen molar-refractivity contribution >= 4 is 17.1 Å². The van der Waals surface area contributed by atoms with Gasteiger partial charge in [-0.1, -0.05) is 26.0 Å². The van der Waals surface area contributed by atoms with Crippen LogP contribution in [-0.4, -0.2) is 37.6 Å². The summed E-state index contributed by atoms with van der Waals surface area (Å²) in [7, 11) is 3.49. The molecule has 0 fully saturated rings. The van der Waals surface area contributed by atoms with Crippen molar-refractivity contribution in [1.82, 2.24) is 0 Å². The Balaban J connectivity index is 1.48. The molecule has 1 aliphatic carbocycles. The number of benzene rings is 2. The summed E-state index contributed by atoms with van der Waals surface area (Å²) in [6, 6.07) is 13.0. The average Bonchev–Trinajstić information content (AvgIpc) is 3.32. The van der Waals surface area contributed by atoms with Gasteiger partial charge in [0.1, 0.15) is 18.0 Å². The molecule has 41 heavy (non-hydrogen) atoms. The number of anilines is 1. The lowest BCUT2D eigenvalue weighted by Gasteiger charge is -2.26. The average molecular weight is 552 g/mol. The van der Waals surface area contributed by atoms with Gasteiger partial charge >= 0.3 is 0 Å². The molecule has 0 saturated heterocycles. The Morgan fingerprint density at radius 1 is 0.854 bits per heavy atom. The minimum atomic E-state index is -0.0854. The van der Waals surface area contributed by atoms with Gasteiger partial charge in [-0.3, -0.25) is 0 Å². The minimum absolute atomic E-state index is 0.0854. The molecule has 0 radical (unpaired) electrons. The predicted molar refractivity (Wildman–Crippen MR) is 172 cm³/mol. The van der Waals surface area contributed by atoms with Gasteiger partial charge in [0.2, 0.25) is 5.69 Å². The molecular weight excluding hydrogens is 504 g/mol. The number of hydrogen-bond acceptors (Lipinski definition) is 3. The molecule has 2 aliphatic heterocycles. The van der Waals surface area contributed by atoms with E-state index in [-0.39, 0.29) is 10.8 Å². The monoisotopic (exact) mass is 551 g/mol. The van der Waals surface area contributed by atoms with E-state index >= 15 is 0 Å². The Morgan fingerprint density at radius 2 is 1.54 bits per heavy atom. The van der Waals surface area contributed by atoms with E-state index in [0.29, 0.717) is 0 Å². The van der Waals surface area contributed by atoms with Crippen LogP contribution in [0.4, 0.5) is 11.4 Å². The number of nitrogens with zero attached hydrogens (tertiary/aromatic N) is 2. The highest BCUT2D eigenvalue weighted by atomic mass is 16.5. The molecule has 216 valence electrons. The maximum absolute atomic E-state index is 5.56. The Labute approximate surface area is 247 Å². The third kappa shape index (κ3) is 4.86. The van der Waals surface area contributed by atoms with Crippen LogP contribution in [0.3, 0.4) is 0 Å². The van der Waals surface area contributed by atoms with Crippen molar-refractivity contribution in [2.45, 2.75) is 78.6 Å². The second-order valence-corrected chi connectivity index (χ2v) is 12.5. The largest absolute Gasteiger partial charge is 0.497 e. The molecule has 2 aromatic rings. The molecule has 3 aliphatic rings. The van der Waals surface area contributed by atoms with Crippen LogP contribution >= 0.6 is 0 Å². The molecule has 0 spiro atoms. The Morgan fingerprint density at radius 3 is 2.20 bits per heavy atom. The van der Waals surface area contributed by atoms with Crippen molar-refractivity contribution < 1.29 is 14.0 Å². The number of hydrogen-bond donors (Lipinski definition) is 0. The van der Waals surface area contributed by atoms with Crippen molar-refractivity contribution in [1.29, 1.82) is 0 Å². The van der Waals surface area contributed by atoms with Crippen LogP contribution in [0, 0.1) is 0 Å². The fourth-order valence-corrected chi connectivity index (χ4v) is 7.07. The molecule has 0 unspecified atom stereocenters. The highest BCUT2D eigenvalue weighted by Gasteiger charge is 2.44. The minimum Gasteiger partial charge on any atom is -0.497 e. The number of likely N-dealkylation sites (N-methyl/N-ethyl adjacent to an activating group) is 1. The van der Waals surface area contributed by atoms with Crippen LogP contribution in [-0.2, 0) is 10.8 Å². The summed E-state index contributed by atoms with van der Waals surface area (Å²) < 4.78 is 13.6. The number of fused-ring (bicyclic) bond motifs is 2. The first-order valence-corrected chi connectivity index (χ1v) is 15.2. The first kappa shape index (κ1) is 29.0. The molecule has 0 saturated carbocycles. The lowest BCUT2D eigenvalue weighted by atomic mass is 9.80. The fraction of sp³-hybridized carbons (Fsp3) is 0.432. The first-order chi connectivity index (χ1) is 19.6. The third-order valence-corrected chi connectivity index (χ3v) is 9.57. The molecule has 0 atom stereocenters. The molecule has 0 N–H and O–H groups in total. The summed E-state index contributed by atoms with van der Waals surface area (Å²) in [6.07, 6.45) is 12.9. The van der Waals surface area contributed by atoms with Crippen molar-refractivity contribution in [2.75, 3.05) is 32.2 Å². The Hall–Kier alpha value is -3.53. The highest BCUT2D eigenvalue weighted by molar-refractivity contribution is 6.03. The van der Waals surface area contributed by atoms with Gasteiger partial charge in [0.25, 0.3) is 0 Å². The van der Waals surface area contributed by atoms with Gasteiger partial charge in [-0.15, -0.1) is 0 Å². The van der Waals surface area contributed by atoms with Gasteiger partial charge in [-0.05, 0) is 113 Å². The lowest BCUT2D eigenvalue weighted by Crippen LogP contribution is -2.27. The van der Waals surface area contributed by atoms with E-state index in [1.54, 1.807) is 14.2 Å². The molecule has 4 nitrogen and oxygen atoms in total. The summed E-state index contributed by atoms with van der Waals surface area (Å²) in [5.74, 6) is 1.84. The van der Waals surface area contributed by atoms with E-state index in [1.807, 2.05) is 0 Å². The zero-order chi connectivity index (χ0) is 29.5. The second-order valence-electron chi connectivity index (χ2n) is 12.5. The molecule has 0 bridgehead atoms. The number of allylic oxidation sites excluding steroid dienone is 8. The third-order valence-electron chi connectivity index (χ3n) is 9.57. The molecule has 5 rings (SSSR count). The normalized spacial score (nSPS) is 21.3. The van der Waals surface area contributed by atoms with Crippen LogP contribution in [0.5, 0.6) is 11.5 Å². The van der Waals surface area contributed by atoms with Gasteiger partial charge in [-0.2, -0.15) is 4.58 Å². The number of rotatable bonds is 7. The predicted octanol–water partition coefficient (Wildman–Crippen LogP) is 8.78. The number of methoxy groups -OCH3 is 2.